The summed E-state index contributed by atoms with van der Waals surface area (Å²) in [6, 6.07) is 8.40. The Hall–Kier alpha value is -1.81. The number of benzene rings is 1. The highest BCUT2D eigenvalue weighted by atomic mass is 16.5. The van der Waals surface area contributed by atoms with Gasteiger partial charge < -0.3 is 9.15 Å². The van der Waals surface area contributed by atoms with Crippen LogP contribution < -0.4 is 4.74 Å². The molecule has 20 heavy (non-hydrogen) atoms. The molecule has 0 bridgehead atoms. The summed E-state index contributed by atoms with van der Waals surface area (Å²) in [6.07, 6.45) is 4.98. The molecule has 1 saturated heterocycles. The third-order valence-corrected chi connectivity index (χ3v) is 3.91. The molecule has 1 aliphatic heterocycles. The van der Waals surface area contributed by atoms with Gasteiger partial charge in [0.05, 0.1) is 19.3 Å². The lowest BCUT2D eigenvalue weighted by atomic mass is 10.1. The van der Waals surface area contributed by atoms with Crippen LogP contribution in [0.2, 0.25) is 0 Å². The number of nitrogens with zero attached hydrogens (tertiary/aromatic N) is 2. The third kappa shape index (κ3) is 2.70. The molecule has 3 rings (SSSR count). The normalized spacial score (nSPS) is 19.4. The number of oxazole rings is 1. The summed E-state index contributed by atoms with van der Waals surface area (Å²) in [6.45, 7) is 1.13. The maximum Gasteiger partial charge on any atom is 0.211 e. The Morgan fingerprint density at radius 3 is 2.80 bits per heavy atom. The minimum Gasteiger partial charge on any atom is -0.497 e. The zero-order valence-corrected chi connectivity index (χ0v) is 12.0. The van der Waals surface area contributed by atoms with E-state index in [-0.39, 0.29) is 0 Å². The molecule has 1 aromatic carbocycles. The Bertz CT molecular complexity index is 562. The van der Waals surface area contributed by atoms with Gasteiger partial charge in [-0.3, -0.25) is 4.90 Å². The van der Waals surface area contributed by atoms with Crippen molar-refractivity contribution in [1.29, 1.82) is 0 Å². The van der Waals surface area contributed by atoms with Crippen LogP contribution in [0.15, 0.2) is 34.9 Å². The fourth-order valence-electron chi connectivity index (χ4n) is 2.73. The number of rotatable bonds is 4. The Labute approximate surface area is 119 Å². The zero-order chi connectivity index (χ0) is 13.9. The van der Waals surface area contributed by atoms with Crippen molar-refractivity contribution < 1.29 is 9.15 Å². The summed E-state index contributed by atoms with van der Waals surface area (Å²) in [5.41, 5.74) is 1.20. The van der Waals surface area contributed by atoms with Gasteiger partial charge in [-0.25, -0.2) is 4.98 Å². The number of likely N-dealkylation sites (tertiary alicyclic amines) is 1. The standard InChI is InChI=1S/C16H20N2O2/c1-18-9-3-4-15(18)16-17-11-14(20-16)10-12-5-7-13(19-2)8-6-12/h5-8,11,15H,3-4,9-10H2,1-2H3. The second kappa shape index (κ2) is 5.67. The number of methoxy groups -OCH3 is 1. The molecular formula is C16H20N2O2. The predicted molar refractivity (Wildman–Crippen MR) is 76.9 cm³/mol. The molecule has 0 N–H and O–H groups in total. The van der Waals surface area contributed by atoms with E-state index in [4.69, 9.17) is 9.15 Å². The SMILES string of the molecule is COc1ccc(Cc2cnc(C3CCCN3C)o2)cc1. The molecule has 2 aromatic rings. The van der Waals surface area contributed by atoms with E-state index in [1.54, 1.807) is 7.11 Å². The van der Waals surface area contributed by atoms with Crippen molar-refractivity contribution in [2.45, 2.75) is 25.3 Å². The molecule has 0 spiro atoms. The molecule has 1 aromatic heterocycles. The molecule has 4 heteroatoms. The van der Waals surface area contributed by atoms with Gasteiger partial charge in [-0.05, 0) is 44.1 Å². The fourth-order valence-corrected chi connectivity index (χ4v) is 2.73. The Morgan fingerprint density at radius 1 is 1.35 bits per heavy atom. The monoisotopic (exact) mass is 272 g/mol. The number of hydrogen-bond donors (Lipinski definition) is 0. The van der Waals surface area contributed by atoms with Crippen molar-refractivity contribution in [3.05, 3.63) is 47.7 Å². The van der Waals surface area contributed by atoms with Crippen LogP contribution in [0.3, 0.4) is 0 Å². The summed E-state index contributed by atoms with van der Waals surface area (Å²) < 4.78 is 11.1. The van der Waals surface area contributed by atoms with Gasteiger partial charge in [-0.15, -0.1) is 0 Å². The van der Waals surface area contributed by atoms with E-state index in [9.17, 15) is 0 Å². The second-order valence-corrected chi connectivity index (χ2v) is 5.33. The fraction of sp³-hybridized carbons (Fsp3) is 0.438. The lowest BCUT2D eigenvalue weighted by Crippen LogP contribution is -2.17. The molecule has 1 fully saturated rings. The highest BCUT2D eigenvalue weighted by molar-refractivity contribution is 5.29. The van der Waals surface area contributed by atoms with Crippen LogP contribution in [-0.4, -0.2) is 30.6 Å². The summed E-state index contributed by atoms with van der Waals surface area (Å²) in [5, 5.41) is 0. The molecule has 1 atom stereocenters. The lowest BCUT2D eigenvalue weighted by Gasteiger charge is -2.15. The molecule has 0 radical (unpaired) electrons. The van der Waals surface area contributed by atoms with Crippen LogP contribution in [0.1, 0.15) is 36.1 Å². The molecule has 1 aliphatic rings. The first-order chi connectivity index (χ1) is 9.76. The van der Waals surface area contributed by atoms with E-state index in [0.717, 1.165) is 36.8 Å². The van der Waals surface area contributed by atoms with Gasteiger partial charge >= 0.3 is 0 Å². The minimum absolute atomic E-state index is 0.347. The number of aromatic nitrogens is 1. The molecule has 2 heterocycles. The summed E-state index contributed by atoms with van der Waals surface area (Å²) in [7, 11) is 3.81. The largest absolute Gasteiger partial charge is 0.497 e. The van der Waals surface area contributed by atoms with Crippen LogP contribution in [0.5, 0.6) is 5.75 Å². The second-order valence-electron chi connectivity index (χ2n) is 5.33. The van der Waals surface area contributed by atoms with Crippen LogP contribution in [0, 0.1) is 0 Å². The Balaban J connectivity index is 1.70. The molecule has 0 aliphatic carbocycles. The van der Waals surface area contributed by atoms with Gasteiger partial charge in [0.2, 0.25) is 5.89 Å². The first kappa shape index (κ1) is 13.2. The van der Waals surface area contributed by atoms with Gasteiger partial charge in [0.25, 0.3) is 0 Å². The van der Waals surface area contributed by atoms with Gasteiger partial charge in [0.15, 0.2) is 0 Å². The lowest BCUT2D eigenvalue weighted by molar-refractivity contribution is 0.264. The van der Waals surface area contributed by atoms with Crippen molar-refractivity contribution in [3.8, 4) is 5.75 Å². The molecule has 1 unspecified atom stereocenters. The van der Waals surface area contributed by atoms with Crippen molar-refractivity contribution in [2.24, 2.45) is 0 Å². The molecular weight excluding hydrogens is 252 g/mol. The van der Waals surface area contributed by atoms with Crippen molar-refractivity contribution in [2.75, 3.05) is 20.7 Å². The average molecular weight is 272 g/mol. The van der Waals surface area contributed by atoms with Crippen LogP contribution in [-0.2, 0) is 6.42 Å². The Morgan fingerprint density at radius 2 is 2.15 bits per heavy atom. The maximum atomic E-state index is 5.91. The minimum atomic E-state index is 0.347. The maximum absolute atomic E-state index is 5.91. The highest BCUT2D eigenvalue weighted by Crippen LogP contribution is 2.30. The van der Waals surface area contributed by atoms with Gasteiger partial charge in [0.1, 0.15) is 11.5 Å². The number of ether oxygens (including phenoxy) is 1. The van der Waals surface area contributed by atoms with Crippen LogP contribution in [0.25, 0.3) is 0 Å². The molecule has 4 nitrogen and oxygen atoms in total. The summed E-state index contributed by atoms with van der Waals surface area (Å²) in [4.78, 5) is 6.75. The number of hydrogen-bond acceptors (Lipinski definition) is 4. The highest BCUT2D eigenvalue weighted by Gasteiger charge is 2.26. The van der Waals surface area contributed by atoms with E-state index < -0.39 is 0 Å². The van der Waals surface area contributed by atoms with E-state index >= 15 is 0 Å². The smallest absolute Gasteiger partial charge is 0.211 e. The van der Waals surface area contributed by atoms with Gasteiger partial charge in [-0.1, -0.05) is 12.1 Å². The van der Waals surface area contributed by atoms with Crippen molar-refractivity contribution >= 4 is 0 Å². The summed E-state index contributed by atoms with van der Waals surface area (Å²) >= 11 is 0. The average Bonchev–Trinajstić information content (AvgIpc) is 3.08. The van der Waals surface area contributed by atoms with Crippen molar-refractivity contribution in [1.82, 2.24) is 9.88 Å². The summed E-state index contributed by atoms with van der Waals surface area (Å²) in [5.74, 6) is 2.65. The van der Waals surface area contributed by atoms with Gasteiger partial charge in [-0.2, -0.15) is 0 Å². The van der Waals surface area contributed by atoms with E-state index in [2.05, 4.69) is 29.1 Å². The van der Waals surface area contributed by atoms with Crippen molar-refractivity contribution in [3.63, 3.8) is 0 Å². The van der Waals surface area contributed by atoms with E-state index in [1.807, 2.05) is 18.3 Å². The Kier molecular flexibility index (Phi) is 3.74. The molecule has 0 amide bonds. The quantitative estimate of drug-likeness (QED) is 0.857. The predicted octanol–water partition coefficient (Wildman–Crippen LogP) is 3.04. The van der Waals surface area contributed by atoms with Crippen LogP contribution in [0.4, 0.5) is 0 Å². The third-order valence-electron chi connectivity index (χ3n) is 3.91. The molecule has 106 valence electrons. The molecule has 0 saturated carbocycles. The zero-order valence-electron chi connectivity index (χ0n) is 12.0. The topological polar surface area (TPSA) is 38.5 Å². The first-order valence-corrected chi connectivity index (χ1v) is 7.04. The van der Waals surface area contributed by atoms with E-state index in [1.165, 1.54) is 12.0 Å². The first-order valence-electron chi connectivity index (χ1n) is 7.04. The van der Waals surface area contributed by atoms with Crippen LogP contribution >= 0.6 is 0 Å². The van der Waals surface area contributed by atoms with Gasteiger partial charge in [0, 0.05) is 6.42 Å². The van der Waals surface area contributed by atoms with E-state index in [0.29, 0.717) is 6.04 Å².